The smallest absolute Gasteiger partial charge is 0.123 e. The number of para-hydroxylation sites is 1. The molecule has 0 aliphatic heterocycles. The second kappa shape index (κ2) is 5.82. The van der Waals surface area contributed by atoms with Crippen LogP contribution >= 0.6 is 11.3 Å². The Morgan fingerprint density at radius 1 is 1.29 bits per heavy atom. The molecule has 90 valence electrons. The van der Waals surface area contributed by atoms with Crippen molar-refractivity contribution in [1.29, 1.82) is 0 Å². The SMILES string of the molecule is COc1ccccc1C(Cc1cccs1)NN. The third-order valence-corrected chi connectivity index (χ3v) is 3.60. The lowest BCUT2D eigenvalue weighted by atomic mass is 10.0. The quantitative estimate of drug-likeness (QED) is 0.631. The van der Waals surface area contributed by atoms with Gasteiger partial charge in [0.25, 0.3) is 0 Å². The monoisotopic (exact) mass is 248 g/mol. The van der Waals surface area contributed by atoms with Gasteiger partial charge in [-0.2, -0.15) is 0 Å². The summed E-state index contributed by atoms with van der Waals surface area (Å²) in [7, 11) is 1.68. The van der Waals surface area contributed by atoms with Gasteiger partial charge in [0, 0.05) is 16.9 Å². The first kappa shape index (κ1) is 12.1. The maximum absolute atomic E-state index is 5.64. The van der Waals surface area contributed by atoms with Crippen LogP contribution in [0.4, 0.5) is 0 Å². The zero-order valence-electron chi connectivity index (χ0n) is 9.72. The van der Waals surface area contributed by atoms with Crippen molar-refractivity contribution in [3.8, 4) is 5.75 Å². The summed E-state index contributed by atoms with van der Waals surface area (Å²) in [5.74, 6) is 6.51. The fourth-order valence-corrected chi connectivity index (χ4v) is 2.59. The highest BCUT2D eigenvalue weighted by Crippen LogP contribution is 2.27. The molecular formula is C13H16N2OS. The molecule has 0 spiro atoms. The van der Waals surface area contributed by atoms with Crippen LogP contribution in [0.15, 0.2) is 41.8 Å². The number of ether oxygens (including phenoxy) is 1. The molecule has 4 heteroatoms. The van der Waals surface area contributed by atoms with E-state index in [4.69, 9.17) is 10.6 Å². The van der Waals surface area contributed by atoms with Gasteiger partial charge >= 0.3 is 0 Å². The number of rotatable bonds is 5. The molecule has 2 rings (SSSR count). The number of hydrogen-bond acceptors (Lipinski definition) is 4. The summed E-state index contributed by atoms with van der Waals surface area (Å²) in [6.07, 6.45) is 0.870. The van der Waals surface area contributed by atoms with Gasteiger partial charge < -0.3 is 4.74 Å². The third-order valence-electron chi connectivity index (χ3n) is 2.70. The molecule has 1 aromatic carbocycles. The second-order valence-electron chi connectivity index (χ2n) is 3.74. The number of benzene rings is 1. The second-order valence-corrected chi connectivity index (χ2v) is 4.78. The van der Waals surface area contributed by atoms with Gasteiger partial charge in [-0.1, -0.05) is 24.3 Å². The maximum Gasteiger partial charge on any atom is 0.123 e. The minimum absolute atomic E-state index is 0.0739. The van der Waals surface area contributed by atoms with Crippen molar-refractivity contribution in [2.75, 3.05) is 7.11 Å². The van der Waals surface area contributed by atoms with Crippen LogP contribution in [-0.2, 0) is 6.42 Å². The molecule has 0 saturated heterocycles. The van der Waals surface area contributed by atoms with Gasteiger partial charge in [-0.3, -0.25) is 11.3 Å². The molecule has 0 amide bonds. The van der Waals surface area contributed by atoms with Crippen LogP contribution in [0.3, 0.4) is 0 Å². The van der Waals surface area contributed by atoms with Crippen molar-refractivity contribution in [2.45, 2.75) is 12.5 Å². The summed E-state index contributed by atoms with van der Waals surface area (Å²) >= 11 is 1.74. The molecule has 0 bridgehead atoms. The average Bonchev–Trinajstić information content (AvgIpc) is 2.89. The number of nitrogens with one attached hydrogen (secondary N) is 1. The number of nitrogens with two attached hydrogens (primary N) is 1. The number of hydrogen-bond donors (Lipinski definition) is 2. The topological polar surface area (TPSA) is 47.3 Å². The van der Waals surface area contributed by atoms with E-state index in [1.165, 1.54) is 4.88 Å². The zero-order chi connectivity index (χ0) is 12.1. The first-order valence-corrected chi connectivity index (χ1v) is 6.34. The van der Waals surface area contributed by atoms with E-state index < -0.39 is 0 Å². The molecular weight excluding hydrogens is 232 g/mol. The standard InChI is InChI=1S/C13H16N2OS/c1-16-13-7-3-2-6-11(13)12(15-14)9-10-5-4-8-17-10/h2-8,12,15H,9,14H2,1H3. The van der Waals surface area contributed by atoms with E-state index in [0.29, 0.717) is 0 Å². The summed E-state index contributed by atoms with van der Waals surface area (Å²) in [4.78, 5) is 1.30. The largest absolute Gasteiger partial charge is 0.496 e. The highest BCUT2D eigenvalue weighted by Gasteiger charge is 2.15. The van der Waals surface area contributed by atoms with Crippen LogP contribution in [0.2, 0.25) is 0 Å². The Bertz CT molecular complexity index is 456. The summed E-state index contributed by atoms with van der Waals surface area (Å²) in [6.45, 7) is 0. The average molecular weight is 248 g/mol. The van der Waals surface area contributed by atoms with Gasteiger partial charge in [0.05, 0.1) is 13.2 Å². The van der Waals surface area contributed by atoms with E-state index in [0.717, 1.165) is 17.7 Å². The Labute approximate surface area is 105 Å². The molecule has 17 heavy (non-hydrogen) atoms. The van der Waals surface area contributed by atoms with Gasteiger partial charge in [0.15, 0.2) is 0 Å². The molecule has 0 aliphatic rings. The summed E-state index contributed by atoms with van der Waals surface area (Å²) in [6, 6.07) is 12.2. The van der Waals surface area contributed by atoms with Crippen LogP contribution in [-0.4, -0.2) is 7.11 Å². The highest BCUT2D eigenvalue weighted by molar-refractivity contribution is 7.09. The lowest BCUT2D eigenvalue weighted by Crippen LogP contribution is -2.29. The van der Waals surface area contributed by atoms with Crippen molar-refractivity contribution in [2.24, 2.45) is 5.84 Å². The third kappa shape index (κ3) is 2.85. The Kier molecular flexibility index (Phi) is 4.14. The van der Waals surface area contributed by atoms with E-state index in [2.05, 4.69) is 22.9 Å². The van der Waals surface area contributed by atoms with Crippen molar-refractivity contribution in [3.63, 3.8) is 0 Å². The van der Waals surface area contributed by atoms with Crippen LogP contribution in [0.25, 0.3) is 0 Å². The molecule has 1 atom stereocenters. The van der Waals surface area contributed by atoms with Crippen LogP contribution in [0.1, 0.15) is 16.5 Å². The fraction of sp³-hybridized carbons (Fsp3) is 0.231. The van der Waals surface area contributed by atoms with E-state index in [1.807, 2.05) is 24.3 Å². The Morgan fingerprint density at radius 2 is 2.12 bits per heavy atom. The van der Waals surface area contributed by atoms with Gasteiger partial charge in [0.1, 0.15) is 5.75 Å². The predicted molar refractivity (Wildman–Crippen MR) is 71.1 cm³/mol. The summed E-state index contributed by atoms with van der Waals surface area (Å²) in [5.41, 5.74) is 3.95. The van der Waals surface area contributed by atoms with E-state index >= 15 is 0 Å². The van der Waals surface area contributed by atoms with E-state index in [-0.39, 0.29) is 6.04 Å². The Morgan fingerprint density at radius 3 is 2.76 bits per heavy atom. The van der Waals surface area contributed by atoms with Gasteiger partial charge in [-0.15, -0.1) is 11.3 Å². The normalized spacial score (nSPS) is 12.4. The van der Waals surface area contributed by atoms with Gasteiger partial charge in [-0.25, -0.2) is 0 Å². The van der Waals surface area contributed by atoms with Crippen LogP contribution < -0.4 is 16.0 Å². The van der Waals surface area contributed by atoms with Crippen molar-refractivity contribution < 1.29 is 4.74 Å². The fourth-order valence-electron chi connectivity index (χ4n) is 1.84. The first-order valence-electron chi connectivity index (χ1n) is 5.46. The van der Waals surface area contributed by atoms with E-state index in [1.54, 1.807) is 18.4 Å². The lowest BCUT2D eigenvalue weighted by molar-refractivity contribution is 0.399. The Hall–Kier alpha value is -1.36. The Balaban J connectivity index is 2.22. The van der Waals surface area contributed by atoms with Crippen LogP contribution in [0, 0.1) is 0 Å². The predicted octanol–water partition coefficient (Wildman–Crippen LogP) is 2.50. The van der Waals surface area contributed by atoms with Crippen molar-refractivity contribution >= 4 is 11.3 Å². The molecule has 3 nitrogen and oxygen atoms in total. The molecule has 0 radical (unpaired) electrons. The molecule has 0 aliphatic carbocycles. The maximum atomic E-state index is 5.64. The molecule has 1 aromatic heterocycles. The number of thiophene rings is 1. The molecule has 3 N–H and O–H groups in total. The van der Waals surface area contributed by atoms with Gasteiger partial charge in [-0.05, 0) is 17.5 Å². The number of hydrazine groups is 1. The van der Waals surface area contributed by atoms with Crippen LogP contribution in [0.5, 0.6) is 5.75 Å². The lowest BCUT2D eigenvalue weighted by Gasteiger charge is -2.18. The minimum Gasteiger partial charge on any atom is -0.496 e. The molecule has 1 heterocycles. The minimum atomic E-state index is 0.0739. The summed E-state index contributed by atoms with van der Waals surface area (Å²) in [5, 5.41) is 2.07. The van der Waals surface area contributed by atoms with Crippen molar-refractivity contribution in [3.05, 3.63) is 52.2 Å². The zero-order valence-corrected chi connectivity index (χ0v) is 10.5. The molecule has 1 unspecified atom stereocenters. The van der Waals surface area contributed by atoms with Gasteiger partial charge in [0.2, 0.25) is 0 Å². The first-order chi connectivity index (χ1) is 8.35. The van der Waals surface area contributed by atoms with Crippen molar-refractivity contribution in [1.82, 2.24) is 5.43 Å². The highest BCUT2D eigenvalue weighted by atomic mass is 32.1. The number of methoxy groups -OCH3 is 1. The molecule has 0 fully saturated rings. The molecule has 2 aromatic rings. The summed E-state index contributed by atoms with van der Waals surface area (Å²) < 4.78 is 5.36. The molecule has 0 saturated carbocycles. The van der Waals surface area contributed by atoms with E-state index in [9.17, 15) is 0 Å².